The van der Waals surface area contributed by atoms with E-state index >= 15 is 0 Å². The van der Waals surface area contributed by atoms with E-state index in [9.17, 15) is 4.39 Å². The molecule has 0 aliphatic carbocycles. The summed E-state index contributed by atoms with van der Waals surface area (Å²) >= 11 is 3.26. The topological polar surface area (TPSA) is 28.2 Å². The number of halogens is 2. The van der Waals surface area contributed by atoms with Gasteiger partial charge in [0.05, 0.1) is 0 Å². The fourth-order valence-electron chi connectivity index (χ4n) is 2.87. The second-order valence-corrected chi connectivity index (χ2v) is 6.19. The number of anilines is 1. The average molecular weight is 350 g/mol. The second kappa shape index (κ2) is 6.12. The van der Waals surface area contributed by atoms with Crippen LogP contribution in [0.2, 0.25) is 0 Å². The largest absolute Gasteiger partial charge is 0.345 e. The third-order valence-electron chi connectivity index (χ3n) is 3.86. The molecule has 5 heteroatoms. The highest BCUT2D eigenvalue weighted by Gasteiger charge is 2.28. The summed E-state index contributed by atoms with van der Waals surface area (Å²) in [5, 5.41) is 3.20. The van der Waals surface area contributed by atoms with Gasteiger partial charge < -0.3 is 10.2 Å². The Morgan fingerprint density at radius 1 is 1.38 bits per heavy atom. The summed E-state index contributed by atoms with van der Waals surface area (Å²) in [5.41, 5.74) is 2.58. The van der Waals surface area contributed by atoms with Gasteiger partial charge in [-0.2, -0.15) is 0 Å². The minimum Gasteiger partial charge on any atom is -0.345 e. The summed E-state index contributed by atoms with van der Waals surface area (Å²) in [7, 11) is 1.92. The zero-order chi connectivity index (χ0) is 14.8. The number of aromatic nitrogens is 1. The normalized spacial score (nSPS) is 17.7. The second-order valence-electron chi connectivity index (χ2n) is 5.27. The van der Waals surface area contributed by atoms with E-state index in [1.165, 1.54) is 17.2 Å². The molecule has 1 N–H and O–H groups in total. The molecule has 0 saturated heterocycles. The van der Waals surface area contributed by atoms with Crippen molar-refractivity contribution in [2.24, 2.45) is 0 Å². The molecule has 2 aromatic rings. The van der Waals surface area contributed by atoms with Crippen molar-refractivity contribution in [3.8, 4) is 0 Å². The van der Waals surface area contributed by atoms with E-state index in [0.29, 0.717) is 16.8 Å². The van der Waals surface area contributed by atoms with Gasteiger partial charge >= 0.3 is 0 Å². The van der Waals surface area contributed by atoms with Gasteiger partial charge in [-0.1, -0.05) is 24.3 Å². The average Bonchev–Trinajstić information content (AvgIpc) is 2.47. The summed E-state index contributed by atoms with van der Waals surface area (Å²) in [6, 6.07) is 10.0. The first-order valence-corrected chi connectivity index (χ1v) is 7.77. The van der Waals surface area contributed by atoms with E-state index < -0.39 is 0 Å². The van der Waals surface area contributed by atoms with Crippen LogP contribution in [-0.2, 0) is 13.0 Å². The van der Waals surface area contributed by atoms with E-state index in [-0.39, 0.29) is 11.9 Å². The maximum absolute atomic E-state index is 14.3. The van der Waals surface area contributed by atoms with Crippen molar-refractivity contribution in [1.29, 1.82) is 0 Å². The molecule has 1 atom stereocenters. The van der Waals surface area contributed by atoms with Crippen LogP contribution >= 0.6 is 15.9 Å². The van der Waals surface area contributed by atoms with Crippen LogP contribution in [0.25, 0.3) is 0 Å². The van der Waals surface area contributed by atoms with Crippen molar-refractivity contribution in [2.45, 2.75) is 19.0 Å². The van der Waals surface area contributed by atoms with Gasteiger partial charge in [0, 0.05) is 29.8 Å². The molecule has 1 aliphatic rings. The number of hydrogen-bond acceptors (Lipinski definition) is 3. The number of fused-ring (bicyclic) bond motifs is 1. The Morgan fingerprint density at radius 2 is 2.14 bits per heavy atom. The van der Waals surface area contributed by atoms with Crippen LogP contribution in [0, 0.1) is 5.82 Å². The molecule has 3 rings (SSSR count). The Kier molecular flexibility index (Phi) is 4.22. The fraction of sp³-hybridized carbons (Fsp3) is 0.312. The number of rotatable bonds is 3. The molecule has 0 spiro atoms. The molecule has 0 saturated carbocycles. The van der Waals surface area contributed by atoms with Gasteiger partial charge in [0.15, 0.2) is 11.6 Å². The number of benzene rings is 1. The monoisotopic (exact) mass is 349 g/mol. The Balaban J connectivity index is 1.99. The smallest absolute Gasteiger partial charge is 0.166 e. The van der Waals surface area contributed by atoms with Crippen molar-refractivity contribution in [3.05, 3.63) is 57.9 Å². The maximum atomic E-state index is 14.3. The van der Waals surface area contributed by atoms with Gasteiger partial charge in [0.1, 0.15) is 0 Å². The van der Waals surface area contributed by atoms with Crippen LogP contribution in [-0.4, -0.2) is 24.6 Å². The first-order valence-electron chi connectivity index (χ1n) is 6.98. The van der Waals surface area contributed by atoms with Crippen LogP contribution in [0.4, 0.5) is 10.2 Å². The summed E-state index contributed by atoms with van der Waals surface area (Å²) in [6.45, 7) is 1.49. The molecule has 1 aromatic carbocycles. The van der Waals surface area contributed by atoms with Crippen LogP contribution in [0.1, 0.15) is 11.1 Å². The molecule has 1 aromatic heterocycles. The zero-order valence-corrected chi connectivity index (χ0v) is 13.4. The first kappa shape index (κ1) is 14.5. The summed E-state index contributed by atoms with van der Waals surface area (Å²) in [5.74, 6) is 0.137. The highest BCUT2D eigenvalue weighted by atomic mass is 79.9. The van der Waals surface area contributed by atoms with Crippen LogP contribution in [0.15, 0.2) is 41.0 Å². The van der Waals surface area contributed by atoms with Gasteiger partial charge in [-0.25, -0.2) is 9.37 Å². The highest BCUT2D eigenvalue weighted by molar-refractivity contribution is 9.10. The van der Waals surface area contributed by atoms with Crippen molar-refractivity contribution < 1.29 is 4.39 Å². The SMILES string of the molecule is CNCC1Cc2ccccc2CN1c1ncc(Br)cc1F. The summed E-state index contributed by atoms with van der Waals surface area (Å²) in [4.78, 5) is 6.34. The summed E-state index contributed by atoms with van der Waals surface area (Å²) < 4.78 is 14.9. The molecule has 0 radical (unpaired) electrons. The van der Waals surface area contributed by atoms with Crippen molar-refractivity contribution in [2.75, 3.05) is 18.5 Å². The first-order chi connectivity index (χ1) is 10.2. The quantitative estimate of drug-likeness (QED) is 0.922. The molecule has 21 heavy (non-hydrogen) atoms. The van der Waals surface area contributed by atoms with Gasteiger partial charge in [-0.05, 0) is 46.6 Å². The number of likely N-dealkylation sites (N-methyl/N-ethyl adjacent to an activating group) is 1. The number of nitrogens with zero attached hydrogens (tertiary/aromatic N) is 2. The lowest BCUT2D eigenvalue weighted by molar-refractivity contribution is 0.507. The third-order valence-corrected chi connectivity index (χ3v) is 4.29. The summed E-state index contributed by atoms with van der Waals surface area (Å²) in [6.07, 6.45) is 2.55. The lowest BCUT2D eigenvalue weighted by atomic mass is 9.94. The Hall–Kier alpha value is -1.46. The van der Waals surface area contributed by atoms with Crippen molar-refractivity contribution in [3.63, 3.8) is 0 Å². The Labute approximate surface area is 132 Å². The standard InChI is InChI=1S/C16H17BrFN3/c1-19-9-14-6-11-4-2-3-5-12(11)10-21(14)16-15(18)7-13(17)8-20-16/h2-5,7-8,14,19H,6,9-10H2,1H3. The van der Waals surface area contributed by atoms with Gasteiger partial charge in [0.2, 0.25) is 0 Å². The van der Waals surface area contributed by atoms with Crippen molar-refractivity contribution >= 4 is 21.7 Å². The highest BCUT2D eigenvalue weighted by Crippen LogP contribution is 2.29. The lowest BCUT2D eigenvalue weighted by Crippen LogP contribution is -2.46. The molecule has 1 unspecified atom stereocenters. The van der Waals surface area contributed by atoms with Gasteiger partial charge in [0.25, 0.3) is 0 Å². The van der Waals surface area contributed by atoms with Crippen LogP contribution in [0.3, 0.4) is 0 Å². The molecule has 3 nitrogen and oxygen atoms in total. The van der Waals surface area contributed by atoms with Gasteiger partial charge in [-0.3, -0.25) is 0 Å². The minimum atomic E-state index is -0.287. The van der Waals surface area contributed by atoms with E-state index in [4.69, 9.17) is 0 Å². The predicted octanol–water partition coefficient (Wildman–Crippen LogP) is 3.13. The van der Waals surface area contributed by atoms with E-state index in [1.54, 1.807) is 6.20 Å². The molecular formula is C16H17BrFN3. The molecule has 0 bridgehead atoms. The molecule has 110 valence electrons. The zero-order valence-electron chi connectivity index (χ0n) is 11.8. The Bertz CT molecular complexity index is 647. The van der Waals surface area contributed by atoms with Crippen LogP contribution in [0.5, 0.6) is 0 Å². The number of pyridine rings is 1. The van der Waals surface area contributed by atoms with E-state index in [0.717, 1.165) is 13.0 Å². The fourth-order valence-corrected chi connectivity index (χ4v) is 3.18. The maximum Gasteiger partial charge on any atom is 0.166 e. The van der Waals surface area contributed by atoms with E-state index in [1.807, 2.05) is 13.1 Å². The van der Waals surface area contributed by atoms with Crippen LogP contribution < -0.4 is 10.2 Å². The molecule has 0 fully saturated rings. The molecule has 0 amide bonds. The van der Waals surface area contributed by atoms with Gasteiger partial charge in [-0.15, -0.1) is 0 Å². The lowest BCUT2D eigenvalue weighted by Gasteiger charge is -2.38. The number of nitrogens with one attached hydrogen (secondary N) is 1. The molecule has 2 heterocycles. The Morgan fingerprint density at radius 3 is 2.86 bits per heavy atom. The van der Waals surface area contributed by atoms with E-state index in [2.05, 4.69) is 49.3 Å². The predicted molar refractivity (Wildman–Crippen MR) is 85.9 cm³/mol. The number of hydrogen-bond donors (Lipinski definition) is 1. The molecular weight excluding hydrogens is 333 g/mol. The van der Waals surface area contributed by atoms with Crippen molar-refractivity contribution in [1.82, 2.24) is 10.3 Å². The third kappa shape index (κ3) is 2.94. The molecule has 1 aliphatic heterocycles. The minimum absolute atomic E-state index is 0.202.